The topological polar surface area (TPSA) is 118 Å². The highest BCUT2D eigenvalue weighted by Gasteiger charge is 2.33. The van der Waals surface area contributed by atoms with Crippen LogP contribution in [0.3, 0.4) is 0 Å². The van der Waals surface area contributed by atoms with Gasteiger partial charge in [0, 0.05) is 28.6 Å². The molecule has 178 valence electrons. The van der Waals surface area contributed by atoms with Crippen LogP contribution < -0.4 is 10.0 Å². The van der Waals surface area contributed by atoms with E-state index < -0.39 is 37.6 Å². The third kappa shape index (κ3) is 5.64. The molecule has 0 aliphatic heterocycles. The number of sulfonamides is 1. The maximum absolute atomic E-state index is 13.0. The number of nitrogens with zero attached hydrogens (tertiary/aromatic N) is 1. The van der Waals surface area contributed by atoms with E-state index >= 15 is 0 Å². The monoisotopic (exact) mass is 513 g/mol. The van der Waals surface area contributed by atoms with Gasteiger partial charge >= 0.3 is 6.18 Å². The fraction of sp³-hybridized carbons (Fsp3) is 0.0952. The van der Waals surface area contributed by atoms with E-state index in [2.05, 4.69) is 10.0 Å². The predicted octanol–water partition coefficient (Wildman–Crippen LogP) is 5.63. The number of benzene rings is 3. The number of nitro benzene ring substituents is 1. The summed E-state index contributed by atoms with van der Waals surface area (Å²) >= 11 is 5.54. The minimum Gasteiger partial charge on any atom is -0.322 e. The lowest BCUT2D eigenvalue weighted by Gasteiger charge is -2.13. The second kappa shape index (κ2) is 9.31. The van der Waals surface area contributed by atoms with Gasteiger partial charge in [0.15, 0.2) is 0 Å². The smallest absolute Gasteiger partial charge is 0.322 e. The zero-order chi connectivity index (χ0) is 25.3. The molecule has 1 amide bonds. The summed E-state index contributed by atoms with van der Waals surface area (Å²) in [6, 6.07) is 11.3. The molecule has 34 heavy (non-hydrogen) atoms. The van der Waals surface area contributed by atoms with Crippen molar-refractivity contribution in [2.75, 3.05) is 10.0 Å². The van der Waals surface area contributed by atoms with Crippen molar-refractivity contribution in [1.29, 1.82) is 0 Å². The van der Waals surface area contributed by atoms with Gasteiger partial charge in [0.05, 0.1) is 20.4 Å². The van der Waals surface area contributed by atoms with Crippen LogP contribution in [0.4, 0.5) is 30.2 Å². The second-order valence-corrected chi connectivity index (χ2v) is 9.12. The van der Waals surface area contributed by atoms with Crippen molar-refractivity contribution in [3.8, 4) is 0 Å². The highest BCUT2D eigenvalue weighted by atomic mass is 35.5. The Morgan fingerprint density at radius 1 is 1.00 bits per heavy atom. The number of amides is 1. The minimum atomic E-state index is -4.76. The molecule has 2 N–H and O–H groups in total. The molecule has 3 aromatic carbocycles. The molecule has 0 spiro atoms. The Balaban J connectivity index is 1.75. The van der Waals surface area contributed by atoms with Gasteiger partial charge in [0.1, 0.15) is 0 Å². The number of carbonyl (C=O) groups is 1. The first kappa shape index (κ1) is 25.0. The zero-order valence-corrected chi connectivity index (χ0v) is 18.8. The van der Waals surface area contributed by atoms with E-state index in [0.29, 0.717) is 11.6 Å². The molecule has 0 heterocycles. The Bertz CT molecular complexity index is 1380. The molecule has 0 bridgehead atoms. The van der Waals surface area contributed by atoms with Gasteiger partial charge in [-0.2, -0.15) is 13.2 Å². The lowest BCUT2D eigenvalue weighted by molar-refractivity contribution is -0.385. The van der Waals surface area contributed by atoms with E-state index in [0.717, 1.165) is 24.3 Å². The number of hydrogen-bond donors (Lipinski definition) is 2. The Labute approximate surface area is 196 Å². The Kier molecular flexibility index (Phi) is 6.84. The van der Waals surface area contributed by atoms with Crippen LogP contribution in [0.2, 0.25) is 5.02 Å². The van der Waals surface area contributed by atoms with Gasteiger partial charge in [0.2, 0.25) is 0 Å². The van der Waals surface area contributed by atoms with Gasteiger partial charge < -0.3 is 5.32 Å². The third-order valence-corrected chi connectivity index (χ3v) is 6.33. The number of nitrogens with one attached hydrogen (secondary N) is 2. The van der Waals surface area contributed by atoms with E-state index in [4.69, 9.17) is 11.6 Å². The van der Waals surface area contributed by atoms with Crippen molar-refractivity contribution in [3.63, 3.8) is 0 Å². The molecule has 3 rings (SSSR count). The molecule has 13 heteroatoms. The van der Waals surface area contributed by atoms with Crippen LogP contribution in [0.5, 0.6) is 0 Å². The van der Waals surface area contributed by atoms with Crippen LogP contribution in [-0.4, -0.2) is 19.2 Å². The average Bonchev–Trinajstić information content (AvgIpc) is 2.74. The lowest BCUT2D eigenvalue weighted by atomic mass is 10.1. The first-order chi connectivity index (χ1) is 15.8. The van der Waals surface area contributed by atoms with E-state index in [9.17, 15) is 36.5 Å². The minimum absolute atomic E-state index is 0.137. The first-order valence-electron chi connectivity index (χ1n) is 9.34. The number of anilines is 2. The standard InChI is InChI=1S/C21H15ClF3N3O5S/c1-12-10-13(2-9-19(12)28(30)31)20(29)26-14-3-6-16(7-4-14)34(32,33)27-15-5-8-18(22)17(11-15)21(23,24)25/h2-11,27H,1H3,(H,26,29). The van der Waals surface area contributed by atoms with Gasteiger partial charge in [-0.25, -0.2) is 8.42 Å². The molecule has 0 saturated carbocycles. The van der Waals surface area contributed by atoms with Gasteiger partial charge in [-0.05, 0) is 61.5 Å². The van der Waals surface area contributed by atoms with E-state index in [-0.39, 0.29) is 27.5 Å². The van der Waals surface area contributed by atoms with E-state index in [1.54, 1.807) is 0 Å². The lowest BCUT2D eigenvalue weighted by Crippen LogP contribution is -2.15. The molecule has 0 aliphatic rings. The Hall–Kier alpha value is -3.64. The molecule has 3 aromatic rings. The quantitative estimate of drug-likeness (QED) is 0.327. The van der Waals surface area contributed by atoms with Crippen LogP contribution in [0, 0.1) is 17.0 Å². The molecule has 0 saturated heterocycles. The zero-order valence-electron chi connectivity index (χ0n) is 17.2. The van der Waals surface area contributed by atoms with Crippen molar-refractivity contribution in [2.45, 2.75) is 18.0 Å². The van der Waals surface area contributed by atoms with Crippen LogP contribution in [0.25, 0.3) is 0 Å². The number of nitro groups is 1. The molecule has 8 nitrogen and oxygen atoms in total. The SMILES string of the molecule is Cc1cc(C(=O)Nc2ccc(S(=O)(=O)Nc3ccc(Cl)c(C(F)(F)F)c3)cc2)ccc1[N+](=O)[O-]. The van der Waals surface area contributed by atoms with Crippen molar-refractivity contribution < 1.29 is 31.3 Å². The number of hydrogen-bond acceptors (Lipinski definition) is 5. The number of aryl methyl sites for hydroxylation is 1. The van der Waals surface area contributed by atoms with Gasteiger partial charge in [-0.1, -0.05) is 11.6 Å². The summed E-state index contributed by atoms with van der Waals surface area (Å²) in [4.78, 5) is 22.5. The van der Waals surface area contributed by atoms with Crippen molar-refractivity contribution >= 4 is 44.6 Å². The predicted molar refractivity (Wildman–Crippen MR) is 119 cm³/mol. The van der Waals surface area contributed by atoms with Gasteiger partial charge in [0.25, 0.3) is 21.6 Å². The molecule has 0 radical (unpaired) electrons. The summed E-state index contributed by atoms with van der Waals surface area (Å²) in [6.07, 6.45) is -4.76. The second-order valence-electron chi connectivity index (χ2n) is 7.03. The first-order valence-corrected chi connectivity index (χ1v) is 11.2. The molecule has 0 fully saturated rings. The van der Waals surface area contributed by atoms with E-state index in [1.807, 2.05) is 0 Å². The summed E-state index contributed by atoms with van der Waals surface area (Å²) in [5.74, 6) is -0.576. The highest BCUT2D eigenvalue weighted by molar-refractivity contribution is 7.92. The average molecular weight is 514 g/mol. The normalized spacial score (nSPS) is 11.7. The van der Waals surface area contributed by atoms with Gasteiger partial charge in [-0.15, -0.1) is 0 Å². The van der Waals surface area contributed by atoms with E-state index in [1.165, 1.54) is 37.3 Å². The number of rotatable bonds is 6. The van der Waals surface area contributed by atoms with Crippen molar-refractivity contribution in [1.82, 2.24) is 0 Å². The third-order valence-electron chi connectivity index (χ3n) is 4.60. The summed E-state index contributed by atoms with van der Waals surface area (Å²) in [7, 11) is -4.24. The summed E-state index contributed by atoms with van der Waals surface area (Å²) < 4.78 is 66.2. The summed E-state index contributed by atoms with van der Waals surface area (Å²) in [6.45, 7) is 1.49. The van der Waals surface area contributed by atoms with Crippen molar-refractivity contribution in [3.05, 3.63) is 92.5 Å². The molecular weight excluding hydrogens is 499 g/mol. The molecule has 0 atom stereocenters. The molecular formula is C21H15ClF3N3O5S. The Morgan fingerprint density at radius 2 is 1.62 bits per heavy atom. The Morgan fingerprint density at radius 3 is 2.18 bits per heavy atom. The highest BCUT2D eigenvalue weighted by Crippen LogP contribution is 2.36. The fourth-order valence-corrected chi connectivity index (χ4v) is 4.22. The van der Waals surface area contributed by atoms with Crippen LogP contribution in [-0.2, 0) is 16.2 Å². The molecule has 0 aromatic heterocycles. The number of halogens is 4. The number of alkyl halides is 3. The van der Waals surface area contributed by atoms with Crippen LogP contribution >= 0.6 is 11.6 Å². The molecule has 0 unspecified atom stereocenters. The molecule has 0 aliphatic carbocycles. The maximum atomic E-state index is 13.0. The van der Waals surface area contributed by atoms with Gasteiger partial charge in [-0.3, -0.25) is 19.6 Å². The van der Waals surface area contributed by atoms with Crippen LogP contribution in [0.1, 0.15) is 21.5 Å². The largest absolute Gasteiger partial charge is 0.417 e. The van der Waals surface area contributed by atoms with Crippen molar-refractivity contribution in [2.24, 2.45) is 0 Å². The summed E-state index contributed by atoms with van der Waals surface area (Å²) in [5, 5.41) is 12.9. The number of carbonyl (C=O) groups excluding carboxylic acids is 1. The summed E-state index contributed by atoms with van der Waals surface area (Å²) in [5.41, 5.74) is -0.977. The fourth-order valence-electron chi connectivity index (χ4n) is 2.94. The van der Waals surface area contributed by atoms with Crippen LogP contribution in [0.15, 0.2) is 65.6 Å². The maximum Gasteiger partial charge on any atom is 0.417 e.